The first kappa shape index (κ1) is 18.4. The van der Waals surface area contributed by atoms with Gasteiger partial charge in [-0.1, -0.05) is 26.9 Å². The van der Waals surface area contributed by atoms with Crippen molar-refractivity contribution in [2.75, 3.05) is 0 Å². The first-order valence-electron chi connectivity index (χ1n) is 7.91. The molecule has 0 nitrogen and oxygen atoms in total. The number of thiophene rings is 4. The van der Waals surface area contributed by atoms with Gasteiger partial charge in [0.1, 0.15) is 0 Å². The molecular weight excluding hydrogens is 432 g/mol. The maximum absolute atomic E-state index is 3.93. The van der Waals surface area contributed by atoms with Crippen LogP contribution in [0.1, 0.15) is 9.75 Å². The van der Waals surface area contributed by atoms with Gasteiger partial charge in [-0.2, -0.15) is 0 Å². The van der Waals surface area contributed by atoms with E-state index in [1.54, 1.807) is 11.3 Å². The molecule has 0 bridgehead atoms. The highest BCUT2D eigenvalue weighted by Crippen LogP contribution is 2.40. The summed E-state index contributed by atoms with van der Waals surface area (Å²) < 4.78 is 1.39. The van der Waals surface area contributed by atoms with E-state index in [9.17, 15) is 0 Å². The highest BCUT2D eigenvalue weighted by molar-refractivity contribution is 8.18. The molecule has 0 spiro atoms. The Morgan fingerprint density at radius 1 is 0.885 bits per heavy atom. The van der Waals surface area contributed by atoms with Crippen LogP contribution in [0.3, 0.4) is 0 Å². The van der Waals surface area contributed by atoms with Gasteiger partial charge in [-0.25, -0.2) is 0 Å². The fraction of sp³-hybridized carbons (Fsp3) is 0.0500. The molecule has 6 heteroatoms. The zero-order chi connectivity index (χ0) is 17.8. The van der Waals surface area contributed by atoms with E-state index < -0.39 is 0 Å². The largest absolute Gasteiger partial charge is 0.148 e. The van der Waals surface area contributed by atoms with Crippen molar-refractivity contribution in [3.05, 3.63) is 81.4 Å². The lowest BCUT2D eigenvalue weighted by Crippen LogP contribution is -1.88. The minimum Gasteiger partial charge on any atom is -0.148 e. The Hall–Kier alpha value is -0.940. The third-order valence-corrected chi connectivity index (χ3v) is 10.7. The van der Waals surface area contributed by atoms with Gasteiger partial charge < -0.3 is 0 Å². The molecular formula is C20H15PS5. The van der Waals surface area contributed by atoms with Gasteiger partial charge in [0, 0.05) is 35.0 Å². The van der Waals surface area contributed by atoms with Gasteiger partial charge in [0.05, 0.1) is 4.63 Å². The van der Waals surface area contributed by atoms with Crippen molar-refractivity contribution in [3.63, 3.8) is 0 Å². The molecule has 0 N–H and O–H groups in total. The summed E-state index contributed by atoms with van der Waals surface area (Å²) in [6.07, 6.45) is 0. The quantitative estimate of drug-likeness (QED) is 0.256. The number of hydrogen-bond acceptors (Lipinski definition) is 5. The van der Waals surface area contributed by atoms with Gasteiger partial charge >= 0.3 is 0 Å². The average Bonchev–Trinajstić information content (AvgIpc) is 3.44. The standard InChI is InChI=1S/C20H15PS5/c1-2-21-20(24-13-14-5-3-11-22-14)19-10-9-18(26-19)17-8-7-16(25-17)15-6-4-12-23-15/h2-12H,1,13H2. The minimum atomic E-state index is 1.03. The van der Waals surface area contributed by atoms with Crippen LogP contribution >= 0.6 is 65.3 Å². The summed E-state index contributed by atoms with van der Waals surface area (Å²) in [7, 11) is 1.20. The lowest BCUT2D eigenvalue weighted by molar-refractivity contribution is 1.56. The van der Waals surface area contributed by atoms with Crippen LogP contribution in [0.25, 0.3) is 19.5 Å². The maximum atomic E-state index is 3.93. The molecule has 0 aliphatic carbocycles. The summed E-state index contributed by atoms with van der Waals surface area (Å²) in [5, 5.41) is 4.28. The Kier molecular flexibility index (Phi) is 6.26. The van der Waals surface area contributed by atoms with E-state index in [-0.39, 0.29) is 0 Å². The first-order valence-corrected chi connectivity index (χ1v) is 13.3. The Morgan fingerprint density at radius 2 is 1.62 bits per heavy atom. The third kappa shape index (κ3) is 4.30. The van der Waals surface area contributed by atoms with Gasteiger partial charge in [-0.05, 0) is 53.0 Å². The van der Waals surface area contributed by atoms with Crippen molar-refractivity contribution in [1.29, 1.82) is 0 Å². The van der Waals surface area contributed by atoms with Crippen molar-refractivity contribution >= 4 is 69.9 Å². The topological polar surface area (TPSA) is 0 Å². The van der Waals surface area contributed by atoms with Gasteiger partial charge in [0.15, 0.2) is 0 Å². The Labute approximate surface area is 175 Å². The molecule has 130 valence electrons. The molecule has 0 unspecified atom stereocenters. The number of hydrogen-bond donors (Lipinski definition) is 0. The zero-order valence-corrected chi connectivity index (χ0v) is 18.7. The molecule has 4 rings (SSSR count). The van der Waals surface area contributed by atoms with E-state index in [4.69, 9.17) is 0 Å². The monoisotopic (exact) mass is 446 g/mol. The van der Waals surface area contributed by atoms with E-state index >= 15 is 0 Å². The molecule has 4 aromatic rings. The van der Waals surface area contributed by atoms with Crippen LogP contribution in [-0.2, 0) is 5.75 Å². The molecule has 0 amide bonds. The summed E-state index contributed by atoms with van der Waals surface area (Å²) >= 11 is 9.32. The van der Waals surface area contributed by atoms with Crippen LogP contribution in [0, 0.1) is 0 Å². The first-order chi connectivity index (χ1) is 12.8. The van der Waals surface area contributed by atoms with Crippen molar-refractivity contribution < 1.29 is 0 Å². The van der Waals surface area contributed by atoms with Gasteiger partial charge in [-0.15, -0.1) is 57.1 Å². The van der Waals surface area contributed by atoms with E-state index in [0.717, 1.165) is 5.75 Å². The van der Waals surface area contributed by atoms with Gasteiger partial charge in [-0.3, -0.25) is 0 Å². The van der Waals surface area contributed by atoms with Crippen LogP contribution in [0.15, 0.2) is 71.7 Å². The molecule has 26 heavy (non-hydrogen) atoms. The summed E-state index contributed by atoms with van der Waals surface area (Å²) in [6, 6.07) is 17.6. The summed E-state index contributed by atoms with van der Waals surface area (Å²) in [6.45, 7) is 3.93. The van der Waals surface area contributed by atoms with Crippen LogP contribution in [0.5, 0.6) is 0 Å². The second kappa shape index (κ2) is 8.83. The predicted molar refractivity (Wildman–Crippen MR) is 128 cm³/mol. The maximum Gasteiger partial charge on any atom is 0.0521 e. The second-order valence-electron chi connectivity index (χ2n) is 5.29. The molecule has 4 aromatic heterocycles. The fourth-order valence-corrected chi connectivity index (χ4v) is 8.37. The average molecular weight is 447 g/mol. The molecule has 0 aromatic carbocycles. The van der Waals surface area contributed by atoms with Gasteiger partial charge in [0.2, 0.25) is 0 Å². The van der Waals surface area contributed by atoms with E-state index in [0.29, 0.717) is 0 Å². The van der Waals surface area contributed by atoms with E-state index in [1.807, 2.05) is 51.6 Å². The number of thioether (sulfide) groups is 1. The normalized spacial score (nSPS) is 11.8. The third-order valence-electron chi connectivity index (χ3n) is 3.57. The Balaban J connectivity index is 1.54. The van der Waals surface area contributed by atoms with Crippen LogP contribution in [-0.4, -0.2) is 4.63 Å². The smallest absolute Gasteiger partial charge is 0.0521 e. The molecule has 0 atom stereocenters. The molecule has 0 aliphatic heterocycles. The summed E-state index contributed by atoms with van der Waals surface area (Å²) in [4.78, 5) is 8.17. The lowest BCUT2D eigenvalue weighted by atomic mass is 10.3. The van der Waals surface area contributed by atoms with Crippen molar-refractivity contribution in [1.82, 2.24) is 0 Å². The summed E-state index contributed by atoms with van der Waals surface area (Å²) in [5.74, 6) is 3.01. The molecule has 4 heterocycles. The number of rotatable bonds is 7. The van der Waals surface area contributed by atoms with Crippen molar-refractivity contribution in [2.24, 2.45) is 0 Å². The van der Waals surface area contributed by atoms with Crippen molar-refractivity contribution in [2.45, 2.75) is 5.75 Å². The lowest BCUT2D eigenvalue weighted by Gasteiger charge is -2.02. The van der Waals surface area contributed by atoms with Crippen molar-refractivity contribution in [3.8, 4) is 19.5 Å². The Morgan fingerprint density at radius 3 is 2.35 bits per heavy atom. The molecule has 0 aliphatic rings. The van der Waals surface area contributed by atoms with Crippen LogP contribution < -0.4 is 0 Å². The van der Waals surface area contributed by atoms with E-state index in [2.05, 4.69) is 65.9 Å². The van der Waals surface area contributed by atoms with Gasteiger partial charge in [0.25, 0.3) is 0 Å². The molecule has 0 fully saturated rings. The molecule has 0 saturated heterocycles. The summed E-state index contributed by atoms with van der Waals surface area (Å²) in [5.41, 5.74) is 0. The molecule has 0 saturated carbocycles. The highest BCUT2D eigenvalue weighted by atomic mass is 32.2. The Bertz CT molecular complexity index is 1000. The second-order valence-corrected chi connectivity index (χ2v) is 11.8. The predicted octanol–water partition coefficient (Wildman–Crippen LogP) is 8.77. The highest BCUT2D eigenvalue weighted by Gasteiger charge is 2.11. The minimum absolute atomic E-state index is 1.03. The zero-order valence-electron chi connectivity index (χ0n) is 13.8. The van der Waals surface area contributed by atoms with Crippen LogP contribution in [0.4, 0.5) is 0 Å². The van der Waals surface area contributed by atoms with Crippen LogP contribution in [0.2, 0.25) is 0 Å². The SMILES string of the molecule is C=C/P=C(\SCc1cccs1)c1ccc(-c2ccc(-c3cccs3)s2)s1. The van der Waals surface area contributed by atoms with E-state index in [1.165, 1.54) is 42.1 Å². The molecule has 0 radical (unpaired) electrons. The fourth-order valence-electron chi connectivity index (χ4n) is 2.40.